The third kappa shape index (κ3) is 2.34. The Balaban J connectivity index is 1.54. The van der Waals surface area contributed by atoms with Crippen LogP contribution in [0.5, 0.6) is 0 Å². The second-order valence-electron chi connectivity index (χ2n) is 6.52. The van der Waals surface area contributed by atoms with Crippen LogP contribution in [-0.2, 0) is 23.1 Å². The van der Waals surface area contributed by atoms with Crippen LogP contribution in [0.3, 0.4) is 0 Å². The molecule has 3 aromatic carbocycles. The maximum atomic E-state index is 13.1. The number of para-hydroxylation sites is 2. The Labute approximate surface area is 151 Å². The predicted octanol–water partition coefficient (Wildman–Crippen LogP) is 3.39. The van der Waals surface area contributed by atoms with Crippen molar-refractivity contribution in [2.45, 2.75) is 18.0 Å². The van der Waals surface area contributed by atoms with Gasteiger partial charge in [0.1, 0.15) is 5.82 Å². The monoisotopic (exact) mass is 363 g/mol. The number of imidazole rings is 1. The van der Waals surface area contributed by atoms with Gasteiger partial charge in [0.05, 0.1) is 22.5 Å². The number of aromatic nitrogens is 2. The van der Waals surface area contributed by atoms with Crippen molar-refractivity contribution in [1.29, 1.82) is 0 Å². The van der Waals surface area contributed by atoms with E-state index >= 15 is 0 Å². The minimum absolute atomic E-state index is 0.295. The van der Waals surface area contributed by atoms with Crippen molar-refractivity contribution in [2.75, 3.05) is 6.54 Å². The zero-order chi connectivity index (χ0) is 17.7. The number of fused-ring (bicyclic) bond motifs is 4. The normalized spacial score (nSPS) is 15.4. The van der Waals surface area contributed by atoms with E-state index in [9.17, 15) is 8.42 Å². The SMILES string of the molecule is O=S(=O)(c1ccc2ccccc2c1)N1CCn2c(nc3ccccc32)C1. The molecule has 5 nitrogen and oxygen atoms in total. The summed E-state index contributed by atoms with van der Waals surface area (Å²) < 4.78 is 29.9. The van der Waals surface area contributed by atoms with E-state index in [1.165, 1.54) is 4.31 Å². The van der Waals surface area contributed by atoms with Gasteiger partial charge in [-0.2, -0.15) is 4.31 Å². The molecule has 0 saturated carbocycles. The Kier molecular flexibility index (Phi) is 3.38. The Bertz CT molecular complexity index is 1240. The van der Waals surface area contributed by atoms with Crippen molar-refractivity contribution in [3.8, 4) is 0 Å². The maximum absolute atomic E-state index is 13.1. The van der Waals surface area contributed by atoms with Gasteiger partial charge in [0.15, 0.2) is 0 Å². The number of rotatable bonds is 2. The molecule has 2 heterocycles. The molecule has 5 rings (SSSR count). The lowest BCUT2D eigenvalue weighted by molar-refractivity contribution is 0.339. The van der Waals surface area contributed by atoms with Gasteiger partial charge in [-0.25, -0.2) is 13.4 Å². The summed E-state index contributed by atoms with van der Waals surface area (Å²) >= 11 is 0. The van der Waals surface area contributed by atoms with Crippen LogP contribution in [0.1, 0.15) is 5.82 Å². The first kappa shape index (κ1) is 15.5. The van der Waals surface area contributed by atoms with E-state index in [2.05, 4.69) is 9.55 Å². The third-order valence-corrected chi connectivity index (χ3v) is 6.82. The fourth-order valence-electron chi connectivity index (χ4n) is 3.63. The Morgan fingerprint density at radius 2 is 1.62 bits per heavy atom. The fraction of sp³-hybridized carbons (Fsp3) is 0.150. The summed E-state index contributed by atoms with van der Waals surface area (Å²) in [6.07, 6.45) is 0. The van der Waals surface area contributed by atoms with E-state index in [1.54, 1.807) is 12.1 Å². The molecule has 0 amide bonds. The molecule has 1 aliphatic rings. The standard InChI is InChI=1S/C20H17N3O2S/c24-26(25,17-10-9-15-5-1-2-6-16(15)13-17)22-11-12-23-19-8-4-3-7-18(19)21-20(23)14-22/h1-10,13H,11-12,14H2. The van der Waals surface area contributed by atoms with Crippen molar-refractivity contribution in [3.63, 3.8) is 0 Å². The van der Waals surface area contributed by atoms with Crippen molar-refractivity contribution >= 4 is 31.8 Å². The van der Waals surface area contributed by atoms with Crippen LogP contribution < -0.4 is 0 Å². The van der Waals surface area contributed by atoms with Crippen LogP contribution in [0.15, 0.2) is 71.6 Å². The molecular weight excluding hydrogens is 346 g/mol. The summed E-state index contributed by atoms with van der Waals surface area (Å²) in [5, 5.41) is 1.96. The molecule has 4 aromatic rings. The maximum Gasteiger partial charge on any atom is 0.243 e. The number of benzene rings is 3. The lowest BCUT2D eigenvalue weighted by Gasteiger charge is -2.27. The first-order chi connectivity index (χ1) is 12.6. The number of hydrogen-bond donors (Lipinski definition) is 0. The molecule has 6 heteroatoms. The van der Waals surface area contributed by atoms with Crippen molar-refractivity contribution in [1.82, 2.24) is 13.9 Å². The van der Waals surface area contributed by atoms with Crippen LogP contribution in [-0.4, -0.2) is 28.8 Å². The van der Waals surface area contributed by atoms with Crippen LogP contribution in [0.4, 0.5) is 0 Å². The van der Waals surface area contributed by atoms with Crippen molar-refractivity contribution in [2.24, 2.45) is 0 Å². The van der Waals surface area contributed by atoms with Crippen LogP contribution in [0.25, 0.3) is 21.8 Å². The Morgan fingerprint density at radius 3 is 2.50 bits per heavy atom. The quantitative estimate of drug-likeness (QED) is 0.548. The molecule has 0 spiro atoms. The van der Waals surface area contributed by atoms with Gasteiger partial charge in [-0.05, 0) is 35.0 Å². The van der Waals surface area contributed by atoms with E-state index in [0.717, 1.165) is 27.6 Å². The summed E-state index contributed by atoms with van der Waals surface area (Å²) in [5.74, 6) is 0.793. The van der Waals surface area contributed by atoms with Gasteiger partial charge >= 0.3 is 0 Å². The minimum Gasteiger partial charge on any atom is -0.326 e. The summed E-state index contributed by atoms with van der Waals surface area (Å²) in [6.45, 7) is 1.36. The molecule has 1 aromatic heterocycles. The topological polar surface area (TPSA) is 55.2 Å². The summed E-state index contributed by atoms with van der Waals surface area (Å²) in [5.41, 5.74) is 1.97. The number of nitrogens with zero attached hydrogens (tertiary/aromatic N) is 3. The van der Waals surface area contributed by atoms with Crippen molar-refractivity contribution in [3.05, 3.63) is 72.6 Å². The first-order valence-electron chi connectivity index (χ1n) is 8.56. The van der Waals surface area contributed by atoms with E-state index < -0.39 is 10.0 Å². The smallest absolute Gasteiger partial charge is 0.243 e. The molecule has 1 aliphatic heterocycles. The van der Waals surface area contributed by atoms with Gasteiger partial charge in [0.25, 0.3) is 0 Å². The van der Waals surface area contributed by atoms with Crippen LogP contribution >= 0.6 is 0 Å². The van der Waals surface area contributed by atoms with Crippen LogP contribution in [0, 0.1) is 0 Å². The Morgan fingerprint density at radius 1 is 0.846 bits per heavy atom. The highest BCUT2D eigenvalue weighted by Crippen LogP contribution is 2.27. The minimum atomic E-state index is -3.55. The molecule has 0 N–H and O–H groups in total. The summed E-state index contributed by atoms with van der Waals surface area (Å²) in [7, 11) is -3.55. The summed E-state index contributed by atoms with van der Waals surface area (Å²) in [4.78, 5) is 4.95. The number of hydrogen-bond acceptors (Lipinski definition) is 3. The largest absolute Gasteiger partial charge is 0.326 e. The molecule has 0 aliphatic carbocycles. The molecule has 0 radical (unpaired) electrons. The van der Waals surface area contributed by atoms with E-state index in [0.29, 0.717) is 24.5 Å². The molecule has 0 atom stereocenters. The second kappa shape index (κ2) is 5.65. The average molecular weight is 363 g/mol. The highest BCUT2D eigenvalue weighted by atomic mass is 32.2. The van der Waals surface area contributed by atoms with Gasteiger partial charge in [-0.15, -0.1) is 0 Å². The van der Waals surface area contributed by atoms with Gasteiger partial charge in [0.2, 0.25) is 10.0 Å². The molecule has 26 heavy (non-hydrogen) atoms. The zero-order valence-corrected chi connectivity index (χ0v) is 14.9. The predicted molar refractivity (Wildman–Crippen MR) is 101 cm³/mol. The van der Waals surface area contributed by atoms with E-state index in [4.69, 9.17) is 0 Å². The molecule has 0 unspecified atom stereocenters. The van der Waals surface area contributed by atoms with E-state index in [-0.39, 0.29) is 0 Å². The molecule has 0 fully saturated rings. The highest BCUT2D eigenvalue weighted by molar-refractivity contribution is 7.89. The van der Waals surface area contributed by atoms with Gasteiger partial charge in [-0.1, -0.05) is 42.5 Å². The summed E-state index contributed by atoms with van der Waals surface area (Å²) in [6, 6.07) is 21.0. The highest BCUT2D eigenvalue weighted by Gasteiger charge is 2.30. The average Bonchev–Trinajstić information content (AvgIpc) is 3.05. The molecular formula is C20H17N3O2S. The van der Waals surface area contributed by atoms with Crippen LogP contribution in [0.2, 0.25) is 0 Å². The lowest BCUT2D eigenvalue weighted by atomic mass is 10.1. The third-order valence-electron chi connectivity index (χ3n) is 4.98. The van der Waals surface area contributed by atoms with Gasteiger partial charge < -0.3 is 4.57 Å². The van der Waals surface area contributed by atoms with Gasteiger partial charge in [-0.3, -0.25) is 0 Å². The zero-order valence-electron chi connectivity index (χ0n) is 14.0. The van der Waals surface area contributed by atoms with E-state index in [1.807, 2.05) is 54.6 Å². The lowest BCUT2D eigenvalue weighted by Crippen LogP contribution is -2.38. The molecule has 0 bridgehead atoms. The second-order valence-corrected chi connectivity index (χ2v) is 8.45. The fourth-order valence-corrected chi connectivity index (χ4v) is 5.05. The Hall–Kier alpha value is -2.70. The molecule has 130 valence electrons. The first-order valence-corrected chi connectivity index (χ1v) is 10.00. The van der Waals surface area contributed by atoms with Gasteiger partial charge in [0, 0.05) is 13.1 Å². The van der Waals surface area contributed by atoms with Crippen molar-refractivity contribution < 1.29 is 8.42 Å². The number of sulfonamides is 1. The molecule has 0 saturated heterocycles.